The van der Waals surface area contributed by atoms with Crippen LogP contribution >= 0.6 is 11.6 Å². The fourth-order valence-corrected chi connectivity index (χ4v) is 2.30. The predicted molar refractivity (Wildman–Crippen MR) is 79.8 cm³/mol. The first-order valence-electron chi connectivity index (χ1n) is 6.31. The van der Waals surface area contributed by atoms with Crippen LogP contribution in [-0.4, -0.2) is 6.29 Å². The summed E-state index contributed by atoms with van der Waals surface area (Å²) in [5, 5.41) is 0.687. The molecule has 2 aromatic carbocycles. The summed E-state index contributed by atoms with van der Waals surface area (Å²) in [6.45, 7) is 4.02. The Kier molecular flexibility index (Phi) is 4.06. The Morgan fingerprint density at radius 2 is 1.63 bits per heavy atom. The van der Waals surface area contributed by atoms with E-state index in [2.05, 4.69) is 31.2 Å². The van der Waals surface area contributed by atoms with Gasteiger partial charge in [-0.05, 0) is 43.5 Å². The van der Waals surface area contributed by atoms with E-state index in [1.165, 1.54) is 5.56 Å². The summed E-state index contributed by atoms with van der Waals surface area (Å²) in [5.74, 6) is 0. The van der Waals surface area contributed by atoms with Crippen LogP contribution in [0.2, 0.25) is 5.02 Å². The SMILES string of the molecule is Cc1ccc(CC(C)(C=O)c2ccc(Cl)cc2)cc1. The number of carbonyl (C=O) groups excluding carboxylic acids is 1. The molecule has 0 spiro atoms. The molecular weight excluding hydrogens is 256 g/mol. The van der Waals surface area contributed by atoms with E-state index in [0.717, 1.165) is 17.4 Å². The lowest BCUT2D eigenvalue weighted by Crippen LogP contribution is -2.26. The summed E-state index contributed by atoms with van der Waals surface area (Å²) >= 11 is 5.89. The Balaban J connectivity index is 2.29. The van der Waals surface area contributed by atoms with Crippen LogP contribution in [0, 0.1) is 6.92 Å². The maximum Gasteiger partial charge on any atom is 0.130 e. The van der Waals surface area contributed by atoms with E-state index in [4.69, 9.17) is 11.6 Å². The Labute approximate surface area is 119 Å². The van der Waals surface area contributed by atoms with Crippen molar-refractivity contribution >= 4 is 17.9 Å². The minimum Gasteiger partial charge on any atom is -0.302 e. The third-order valence-corrected chi connectivity index (χ3v) is 3.71. The second-order valence-electron chi connectivity index (χ2n) is 5.20. The third-order valence-electron chi connectivity index (χ3n) is 3.46. The quantitative estimate of drug-likeness (QED) is 0.757. The summed E-state index contributed by atoms with van der Waals surface area (Å²) in [7, 11) is 0. The molecule has 2 aromatic rings. The van der Waals surface area contributed by atoms with Crippen molar-refractivity contribution < 1.29 is 4.79 Å². The van der Waals surface area contributed by atoms with Crippen LogP contribution in [0.1, 0.15) is 23.6 Å². The minimum absolute atomic E-state index is 0.514. The maximum atomic E-state index is 11.6. The van der Waals surface area contributed by atoms with Crippen molar-refractivity contribution in [2.75, 3.05) is 0 Å². The number of hydrogen-bond acceptors (Lipinski definition) is 1. The lowest BCUT2D eigenvalue weighted by atomic mass is 9.78. The van der Waals surface area contributed by atoms with Gasteiger partial charge in [-0.1, -0.05) is 53.6 Å². The zero-order valence-corrected chi connectivity index (χ0v) is 11.9. The van der Waals surface area contributed by atoms with E-state index in [1.807, 2.05) is 31.2 Å². The molecule has 2 rings (SSSR count). The standard InChI is InChI=1S/C17H17ClO/c1-13-3-5-14(6-4-13)11-17(2,12-19)15-7-9-16(18)10-8-15/h3-10,12H,11H2,1-2H3. The van der Waals surface area contributed by atoms with Gasteiger partial charge in [0.15, 0.2) is 0 Å². The van der Waals surface area contributed by atoms with Gasteiger partial charge in [-0.3, -0.25) is 0 Å². The molecule has 0 radical (unpaired) electrons. The van der Waals surface area contributed by atoms with E-state index in [0.29, 0.717) is 11.4 Å². The number of rotatable bonds is 4. The van der Waals surface area contributed by atoms with Gasteiger partial charge in [-0.15, -0.1) is 0 Å². The van der Waals surface area contributed by atoms with Gasteiger partial charge in [0.25, 0.3) is 0 Å². The van der Waals surface area contributed by atoms with Gasteiger partial charge in [-0.2, -0.15) is 0 Å². The Bertz CT molecular complexity index is 557. The highest BCUT2D eigenvalue weighted by atomic mass is 35.5. The highest BCUT2D eigenvalue weighted by Gasteiger charge is 2.26. The first kappa shape index (κ1) is 13.8. The number of benzene rings is 2. The molecule has 0 aliphatic carbocycles. The third kappa shape index (κ3) is 3.24. The number of aryl methyl sites for hydroxylation is 1. The normalized spacial score (nSPS) is 13.8. The first-order chi connectivity index (χ1) is 9.03. The summed E-state index contributed by atoms with van der Waals surface area (Å²) in [5.41, 5.74) is 2.87. The van der Waals surface area contributed by atoms with Crippen molar-refractivity contribution in [1.29, 1.82) is 0 Å². The molecular formula is C17H17ClO. The molecule has 0 saturated heterocycles. The second-order valence-corrected chi connectivity index (χ2v) is 5.64. The molecule has 19 heavy (non-hydrogen) atoms. The van der Waals surface area contributed by atoms with Gasteiger partial charge in [0, 0.05) is 5.02 Å². The Morgan fingerprint density at radius 3 is 2.16 bits per heavy atom. The van der Waals surface area contributed by atoms with Crippen LogP contribution in [0.4, 0.5) is 0 Å². The smallest absolute Gasteiger partial charge is 0.130 e. The van der Waals surface area contributed by atoms with Gasteiger partial charge in [0.05, 0.1) is 5.41 Å². The molecule has 2 heteroatoms. The van der Waals surface area contributed by atoms with Crippen LogP contribution in [0.3, 0.4) is 0 Å². The minimum atomic E-state index is -0.514. The van der Waals surface area contributed by atoms with Gasteiger partial charge in [0.1, 0.15) is 6.29 Å². The molecule has 1 atom stereocenters. The summed E-state index contributed by atoms with van der Waals surface area (Å²) in [4.78, 5) is 11.6. The number of carbonyl (C=O) groups is 1. The molecule has 0 aromatic heterocycles. The largest absolute Gasteiger partial charge is 0.302 e. The van der Waals surface area contributed by atoms with E-state index >= 15 is 0 Å². The van der Waals surface area contributed by atoms with Crippen molar-refractivity contribution in [2.24, 2.45) is 0 Å². The molecule has 0 saturated carbocycles. The lowest BCUT2D eigenvalue weighted by Gasteiger charge is -2.24. The number of aldehydes is 1. The van der Waals surface area contributed by atoms with Gasteiger partial charge < -0.3 is 4.79 Å². The highest BCUT2D eigenvalue weighted by Crippen LogP contribution is 2.27. The number of halogens is 1. The van der Waals surface area contributed by atoms with E-state index in [-0.39, 0.29) is 0 Å². The van der Waals surface area contributed by atoms with Crippen LogP contribution in [-0.2, 0) is 16.6 Å². The Hall–Kier alpha value is -1.60. The molecule has 0 aliphatic rings. The zero-order chi connectivity index (χ0) is 13.9. The Morgan fingerprint density at radius 1 is 1.05 bits per heavy atom. The zero-order valence-electron chi connectivity index (χ0n) is 11.2. The molecule has 0 bridgehead atoms. The molecule has 1 nitrogen and oxygen atoms in total. The van der Waals surface area contributed by atoms with Crippen LogP contribution < -0.4 is 0 Å². The van der Waals surface area contributed by atoms with Gasteiger partial charge in [-0.25, -0.2) is 0 Å². The average molecular weight is 273 g/mol. The predicted octanol–water partition coefficient (Wildman–Crippen LogP) is 4.35. The molecule has 0 fully saturated rings. The lowest BCUT2D eigenvalue weighted by molar-refractivity contribution is -0.112. The fraction of sp³-hybridized carbons (Fsp3) is 0.235. The summed E-state index contributed by atoms with van der Waals surface area (Å²) < 4.78 is 0. The van der Waals surface area contributed by atoms with Crippen LogP contribution in [0.25, 0.3) is 0 Å². The van der Waals surface area contributed by atoms with Crippen molar-refractivity contribution in [2.45, 2.75) is 25.7 Å². The van der Waals surface area contributed by atoms with E-state index < -0.39 is 5.41 Å². The molecule has 0 heterocycles. The van der Waals surface area contributed by atoms with Gasteiger partial charge >= 0.3 is 0 Å². The van der Waals surface area contributed by atoms with Crippen molar-refractivity contribution in [3.05, 3.63) is 70.2 Å². The van der Waals surface area contributed by atoms with Crippen molar-refractivity contribution in [3.8, 4) is 0 Å². The monoisotopic (exact) mass is 272 g/mol. The van der Waals surface area contributed by atoms with Crippen LogP contribution in [0.5, 0.6) is 0 Å². The highest BCUT2D eigenvalue weighted by molar-refractivity contribution is 6.30. The van der Waals surface area contributed by atoms with Crippen molar-refractivity contribution in [1.82, 2.24) is 0 Å². The van der Waals surface area contributed by atoms with E-state index in [9.17, 15) is 4.79 Å². The molecule has 0 amide bonds. The first-order valence-corrected chi connectivity index (χ1v) is 6.69. The fourth-order valence-electron chi connectivity index (χ4n) is 2.17. The molecule has 0 N–H and O–H groups in total. The molecule has 98 valence electrons. The summed E-state index contributed by atoms with van der Waals surface area (Å²) in [6.07, 6.45) is 1.72. The van der Waals surface area contributed by atoms with Crippen LogP contribution in [0.15, 0.2) is 48.5 Å². The maximum absolute atomic E-state index is 11.6. The topological polar surface area (TPSA) is 17.1 Å². The molecule has 0 aliphatic heterocycles. The van der Waals surface area contributed by atoms with Crippen molar-refractivity contribution in [3.63, 3.8) is 0 Å². The molecule has 1 unspecified atom stereocenters. The second kappa shape index (κ2) is 5.58. The summed E-state index contributed by atoms with van der Waals surface area (Å²) in [6, 6.07) is 15.8. The van der Waals surface area contributed by atoms with Gasteiger partial charge in [0.2, 0.25) is 0 Å². The average Bonchev–Trinajstić information content (AvgIpc) is 2.42. The van der Waals surface area contributed by atoms with E-state index in [1.54, 1.807) is 0 Å². The number of hydrogen-bond donors (Lipinski definition) is 0.